The van der Waals surface area contributed by atoms with Crippen molar-refractivity contribution in [3.8, 4) is 0 Å². The predicted molar refractivity (Wildman–Crippen MR) is 90.8 cm³/mol. The quantitative estimate of drug-likeness (QED) is 0.842. The van der Waals surface area contributed by atoms with Crippen LogP contribution in [-0.4, -0.2) is 47.3 Å². The fraction of sp³-hybridized carbons (Fsp3) is 0.579. The summed E-state index contributed by atoms with van der Waals surface area (Å²) >= 11 is 0. The van der Waals surface area contributed by atoms with Crippen LogP contribution in [-0.2, 0) is 16.1 Å². The maximum absolute atomic E-state index is 13.1. The lowest BCUT2D eigenvalue weighted by molar-refractivity contribution is -0.146. The average Bonchev–Trinajstić information content (AvgIpc) is 3.41. The van der Waals surface area contributed by atoms with Gasteiger partial charge in [0.05, 0.1) is 0 Å². The molecule has 5 rings (SSSR count). The Bertz CT molecular complexity index is 686. The Morgan fingerprint density at radius 3 is 2.48 bits per heavy atom. The van der Waals surface area contributed by atoms with E-state index in [4.69, 9.17) is 5.73 Å². The van der Waals surface area contributed by atoms with Gasteiger partial charge in [0, 0.05) is 32.2 Å². The van der Waals surface area contributed by atoms with E-state index in [0.717, 1.165) is 44.6 Å². The minimum absolute atomic E-state index is 0.0571. The van der Waals surface area contributed by atoms with Gasteiger partial charge in [-0.15, -0.1) is 0 Å². The predicted octanol–water partition coefficient (Wildman–Crippen LogP) is 1.51. The molecule has 0 aromatic heterocycles. The lowest BCUT2D eigenvalue weighted by Gasteiger charge is -2.38. The van der Waals surface area contributed by atoms with Crippen LogP contribution in [0.25, 0.3) is 0 Å². The van der Waals surface area contributed by atoms with E-state index in [1.54, 1.807) is 0 Å². The molecule has 6 heteroatoms. The Balaban J connectivity index is 1.48. The van der Waals surface area contributed by atoms with Crippen LogP contribution >= 0.6 is 0 Å². The van der Waals surface area contributed by atoms with Crippen molar-refractivity contribution in [2.75, 3.05) is 19.6 Å². The third-order valence-electron chi connectivity index (χ3n) is 6.00. The van der Waals surface area contributed by atoms with Gasteiger partial charge in [0.1, 0.15) is 11.2 Å². The van der Waals surface area contributed by atoms with Gasteiger partial charge in [-0.1, -0.05) is 12.1 Å². The fourth-order valence-corrected chi connectivity index (χ4v) is 4.37. The Morgan fingerprint density at radius 2 is 1.84 bits per heavy atom. The first kappa shape index (κ1) is 16.5. The molecule has 0 spiro atoms. The molecule has 5 nitrogen and oxygen atoms in total. The number of hydrogen-bond donors (Lipinski definition) is 1. The molecule has 3 aliphatic heterocycles. The molecule has 4 aliphatic rings. The van der Waals surface area contributed by atoms with Crippen LogP contribution in [0.2, 0.25) is 0 Å². The van der Waals surface area contributed by atoms with Gasteiger partial charge >= 0.3 is 0 Å². The number of carbonyl (C=O) groups excluding carboxylic acids is 2. The maximum Gasteiger partial charge on any atom is 0.238 e. The SMILES string of the molecule is NC(=O)C1(C(=O)N2C[C@H]3CC[C@@H]2CN(Cc2ccc(F)cc2)C3)CC1. The van der Waals surface area contributed by atoms with E-state index < -0.39 is 11.3 Å². The normalized spacial score (nSPS) is 27.8. The zero-order valence-corrected chi connectivity index (χ0v) is 14.3. The van der Waals surface area contributed by atoms with Gasteiger partial charge in [-0.3, -0.25) is 14.5 Å². The van der Waals surface area contributed by atoms with Gasteiger partial charge in [0.25, 0.3) is 0 Å². The van der Waals surface area contributed by atoms with E-state index in [2.05, 4.69) is 4.90 Å². The van der Waals surface area contributed by atoms with Crippen molar-refractivity contribution >= 4 is 11.8 Å². The summed E-state index contributed by atoms with van der Waals surface area (Å²) in [5, 5.41) is 0. The van der Waals surface area contributed by atoms with Crippen LogP contribution in [0.3, 0.4) is 0 Å². The molecule has 2 bridgehead atoms. The van der Waals surface area contributed by atoms with Crippen molar-refractivity contribution in [2.45, 2.75) is 38.3 Å². The molecule has 0 unspecified atom stereocenters. The zero-order valence-electron chi connectivity index (χ0n) is 14.3. The molecule has 1 aromatic rings. The number of amides is 2. The molecule has 2 atom stereocenters. The van der Waals surface area contributed by atoms with Crippen molar-refractivity contribution in [1.82, 2.24) is 9.80 Å². The van der Waals surface area contributed by atoms with Crippen LogP contribution in [0.4, 0.5) is 4.39 Å². The molecular formula is C19H24FN3O2. The molecule has 134 valence electrons. The van der Waals surface area contributed by atoms with Crippen molar-refractivity contribution in [3.63, 3.8) is 0 Å². The van der Waals surface area contributed by atoms with E-state index in [1.165, 1.54) is 12.1 Å². The number of carbonyl (C=O) groups is 2. The standard InChI is InChI=1S/C19H24FN3O2/c20-15-4-1-13(2-5-15)9-22-10-14-3-6-16(12-22)23(11-14)18(25)19(7-8-19)17(21)24/h1-2,4-5,14,16H,3,6-12H2,(H2,21,24)/t14-,16+/m0/s1. The molecule has 4 fully saturated rings. The first-order chi connectivity index (χ1) is 12.0. The van der Waals surface area contributed by atoms with Crippen LogP contribution < -0.4 is 5.73 Å². The summed E-state index contributed by atoms with van der Waals surface area (Å²) < 4.78 is 13.1. The second-order valence-electron chi connectivity index (χ2n) is 7.82. The molecule has 2 amide bonds. The van der Waals surface area contributed by atoms with Gasteiger partial charge < -0.3 is 10.6 Å². The summed E-state index contributed by atoms with van der Waals surface area (Å²) in [4.78, 5) is 28.9. The summed E-state index contributed by atoms with van der Waals surface area (Å²) in [6.45, 7) is 3.21. The molecular weight excluding hydrogens is 321 g/mol. The zero-order chi connectivity index (χ0) is 17.6. The lowest BCUT2D eigenvalue weighted by Crippen LogP contribution is -2.52. The van der Waals surface area contributed by atoms with Crippen molar-refractivity contribution < 1.29 is 14.0 Å². The number of primary amides is 1. The average molecular weight is 345 g/mol. The van der Waals surface area contributed by atoms with E-state index in [0.29, 0.717) is 18.8 Å². The molecule has 1 aliphatic carbocycles. The molecule has 1 saturated carbocycles. The Morgan fingerprint density at radius 1 is 1.12 bits per heavy atom. The smallest absolute Gasteiger partial charge is 0.238 e. The topological polar surface area (TPSA) is 66.6 Å². The van der Waals surface area contributed by atoms with E-state index in [1.807, 2.05) is 17.0 Å². The number of rotatable bonds is 4. The molecule has 25 heavy (non-hydrogen) atoms. The number of piperidine rings is 1. The van der Waals surface area contributed by atoms with Gasteiger partial charge in [-0.25, -0.2) is 4.39 Å². The number of nitrogens with zero attached hydrogens (tertiary/aromatic N) is 2. The number of halogens is 1. The van der Waals surface area contributed by atoms with Crippen molar-refractivity contribution in [2.24, 2.45) is 17.1 Å². The number of fused-ring (bicyclic) bond motifs is 4. The number of nitrogens with two attached hydrogens (primary N) is 1. The first-order valence-electron chi connectivity index (χ1n) is 9.06. The molecule has 3 heterocycles. The minimum Gasteiger partial charge on any atom is -0.369 e. The highest BCUT2D eigenvalue weighted by Crippen LogP contribution is 2.48. The third kappa shape index (κ3) is 3.03. The van der Waals surface area contributed by atoms with Crippen molar-refractivity contribution in [3.05, 3.63) is 35.6 Å². The summed E-state index contributed by atoms with van der Waals surface area (Å²) in [5.41, 5.74) is 5.65. The van der Waals surface area contributed by atoms with Gasteiger partial charge in [0.15, 0.2) is 0 Å². The Labute approximate surface area is 147 Å². The van der Waals surface area contributed by atoms with Crippen LogP contribution in [0.5, 0.6) is 0 Å². The molecule has 1 aromatic carbocycles. The summed E-state index contributed by atoms with van der Waals surface area (Å²) in [6.07, 6.45) is 3.27. The highest BCUT2D eigenvalue weighted by molar-refractivity contribution is 6.07. The number of benzene rings is 1. The monoisotopic (exact) mass is 345 g/mol. The van der Waals surface area contributed by atoms with Gasteiger partial charge in [-0.05, 0) is 49.3 Å². The van der Waals surface area contributed by atoms with Crippen molar-refractivity contribution in [1.29, 1.82) is 0 Å². The summed E-state index contributed by atoms with van der Waals surface area (Å²) in [5.74, 6) is -0.330. The second-order valence-corrected chi connectivity index (χ2v) is 7.82. The van der Waals surface area contributed by atoms with E-state index >= 15 is 0 Å². The van der Waals surface area contributed by atoms with E-state index in [9.17, 15) is 14.0 Å². The first-order valence-corrected chi connectivity index (χ1v) is 9.06. The minimum atomic E-state index is -0.924. The Hall–Kier alpha value is -1.95. The summed E-state index contributed by atoms with van der Waals surface area (Å²) in [7, 11) is 0. The fourth-order valence-electron chi connectivity index (χ4n) is 4.37. The Kier molecular flexibility index (Phi) is 4.02. The highest BCUT2D eigenvalue weighted by Gasteiger charge is 2.58. The lowest BCUT2D eigenvalue weighted by atomic mass is 9.92. The molecule has 3 saturated heterocycles. The van der Waals surface area contributed by atoms with Crippen LogP contribution in [0.15, 0.2) is 24.3 Å². The van der Waals surface area contributed by atoms with Crippen LogP contribution in [0.1, 0.15) is 31.2 Å². The summed E-state index contributed by atoms with van der Waals surface area (Å²) in [6, 6.07) is 6.75. The number of hydrogen-bond acceptors (Lipinski definition) is 3. The van der Waals surface area contributed by atoms with Gasteiger partial charge in [0.2, 0.25) is 11.8 Å². The third-order valence-corrected chi connectivity index (χ3v) is 6.00. The second kappa shape index (κ2) is 6.09. The van der Waals surface area contributed by atoms with E-state index in [-0.39, 0.29) is 17.8 Å². The molecule has 0 radical (unpaired) electrons. The molecule has 2 N–H and O–H groups in total. The van der Waals surface area contributed by atoms with Crippen LogP contribution in [0, 0.1) is 17.2 Å². The van der Waals surface area contributed by atoms with Gasteiger partial charge in [-0.2, -0.15) is 0 Å². The highest BCUT2D eigenvalue weighted by atomic mass is 19.1. The maximum atomic E-state index is 13.1. The largest absolute Gasteiger partial charge is 0.369 e.